The molecule has 6 heteroatoms. The molecule has 0 fully saturated rings. The number of hydrogen-bond acceptors (Lipinski definition) is 5. The van der Waals surface area contributed by atoms with E-state index in [1.807, 2.05) is 25.1 Å². The zero-order valence-electron chi connectivity index (χ0n) is 16.1. The second-order valence-corrected chi connectivity index (χ2v) is 7.12. The van der Waals surface area contributed by atoms with Gasteiger partial charge in [0, 0.05) is 23.1 Å². The molecule has 0 saturated carbocycles. The first kappa shape index (κ1) is 19.7. The molecule has 2 aromatic rings. The lowest BCUT2D eigenvalue weighted by Crippen LogP contribution is -2.38. The maximum absolute atomic E-state index is 13.2. The third kappa shape index (κ3) is 3.67. The second kappa shape index (κ2) is 7.92. The SMILES string of the molecule is CCOC(=O)CC1(CC)CCc2cc(-c3ccc([N+](=O)[O-])cc3)ccc2C1=O. The molecule has 0 saturated heterocycles. The molecule has 146 valence electrons. The Labute approximate surface area is 163 Å². The van der Waals surface area contributed by atoms with Crippen LogP contribution in [0, 0.1) is 15.5 Å². The fourth-order valence-corrected chi connectivity index (χ4v) is 3.87. The van der Waals surface area contributed by atoms with Crippen LogP contribution in [0.3, 0.4) is 0 Å². The third-order valence-corrected chi connectivity index (χ3v) is 5.58. The number of ketones is 1. The smallest absolute Gasteiger partial charge is 0.306 e. The van der Waals surface area contributed by atoms with Gasteiger partial charge in [-0.1, -0.05) is 25.1 Å². The fourth-order valence-electron chi connectivity index (χ4n) is 3.87. The lowest BCUT2D eigenvalue weighted by atomic mass is 9.67. The van der Waals surface area contributed by atoms with Gasteiger partial charge in [0.15, 0.2) is 5.78 Å². The molecule has 0 amide bonds. The Hall–Kier alpha value is -3.02. The van der Waals surface area contributed by atoms with E-state index in [0.717, 1.165) is 16.7 Å². The summed E-state index contributed by atoms with van der Waals surface area (Å²) in [6.07, 6.45) is 2.01. The molecule has 0 radical (unpaired) electrons. The summed E-state index contributed by atoms with van der Waals surface area (Å²) in [5.41, 5.74) is 2.73. The molecule has 1 unspecified atom stereocenters. The molecule has 3 rings (SSSR count). The summed E-state index contributed by atoms with van der Waals surface area (Å²) in [5.74, 6) is -0.330. The minimum Gasteiger partial charge on any atom is -0.466 e. The van der Waals surface area contributed by atoms with Crippen molar-refractivity contribution in [2.45, 2.75) is 39.5 Å². The van der Waals surface area contributed by atoms with Crippen molar-refractivity contribution in [2.24, 2.45) is 5.41 Å². The molecule has 0 N–H and O–H groups in total. The summed E-state index contributed by atoms with van der Waals surface area (Å²) in [4.78, 5) is 35.6. The lowest BCUT2D eigenvalue weighted by Gasteiger charge is -2.35. The van der Waals surface area contributed by atoms with Gasteiger partial charge < -0.3 is 4.74 Å². The zero-order valence-corrected chi connectivity index (χ0v) is 16.1. The Morgan fingerprint density at radius 3 is 2.43 bits per heavy atom. The Morgan fingerprint density at radius 1 is 1.14 bits per heavy atom. The summed E-state index contributed by atoms with van der Waals surface area (Å²) in [5, 5.41) is 10.8. The third-order valence-electron chi connectivity index (χ3n) is 5.58. The van der Waals surface area contributed by atoms with Crippen LogP contribution in [-0.2, 0) is 16.0 Å². The molecule has 1 aliphatic carbocycles. The standard InChI is InChI=1S/C22H23NO5/c1-3-22(14-20(24)28-4-2)12-11-17-13-16(7-10-19(17)21(22)25)15-5-8-18(9-6-15)23(26)27/h5-10,13H,3-4,11-12,14H2,1-2H3. The molecule has 0 aliphatic heterocycles. The van der Waals surface area contributed by atoms with E-state index in [1.54, 1.807) is 19.1 Å². The van der Waals surface area contributed by atoms with Crippen molar-refractivity contribution in [3.05, 3.63) is 63.7 Å². The number of fused-ring (bicyclic) bond motifs is 1. The molecular weight excluding hydrogens is 358 g/mol. The van der Waals surface area contributed by atoms with E-state index in [1.165, 1.54) is 12.1 Å². The van der Waals surface area contributed by atoms with E-state index >= 15 is 0 Å². The van der Waals surface area contributed by atoms with E-state index in [4.69, 9.17) is 4.74 Å². The Bertz CT molecular complexity index is 919. The molecule has 6 nitrogen and oxygen atoms in total. The number of rotatable bonds is 6. The number of Topliss-reactive ketones (excluding diaryl/α,β-unsaturated/α-hetero) is 1. The minimum atomic E-state index is -0.700. The quantitative estimate of drug-likeness (QED) is 0.410. The van der Waals surface area contributed by atoms with Gasteiger partial charge in [0.1, 0.15) is 0 Å². The predicted octanol–water partition coefficient (Wildman–Crippen LogP) is 4.74. The van der Waals surface area contributed by atoms with Gasteiger partial charge in [-0.15, -0.1) is 0 Å². The maximum atomic E-state index is 13.2. The highest BCUT2D eigenvalue weighted by molar-refractivity contribution is 6.04. The van der Waals surface area contributed by atoms with Crippen molar-refractivity contribution in [3.8, 4) is 11.1 Å². The number of aryl methyl sites for hydroxylation is 1. The Morgan fingerprint density at radius 2 is 1.82 bits per heavy atom. The summed E-state index contributed by atoms with van der Waals surface area (Å²) in [6.45, 7) is 4.00. The van der Waals surface area contributed by atoms with Crippen LogP contribution >= 0.6 is 0 Å². The van der Waals surface area contributed by atoms with E-state index in [9.17, 15) is 19.7 Å². The molecule has 0 bridgehead atoms. The number of carbonyl (C=O) groups excluding carboxylic acids is 2. The summed E-state index contributed by atoms with van der Waals surface area (Å²) < 4.78 is 5.07. The molecule has 0 spiro atoms. The maximum Gasteiger partial charge on any atom is 0.306 e. The first-order valence-corrected chi connectivity index (χ1v) is 9.48. The number of nitrogens with zero attached hydrogens (tertiary/aromatic N) is 1. The van der Waals surface area contributed by atoms with E-state index in [2.05, 4.69) is 0 Å². The van der Waals surface area contributed by atoms with Crippen LogP contribution in [0.25, 0.3) is 11.1 Å². The molecular formula is C22H23NO5. The zero-order chi connectivity index (χ0) is 20.3. The van der Waals surface area contributed by atoms with Crippen LogP contribution in [0.15, 0.2) is 42.5 Å². The van der Waals surface area contributed by atoms with Crippen molar-refractivity contribution in [3.63, 3.8) is 0 Å². The predicted molar refractivity (Wildman–Crippen MR) is 105 cm³/mol. The van der Waals surface area contributed by atoms with E-state index in [0.29, 0.717) is 31.4 Å². The van der Waals surface area contributed by atoms with Crippen molar-refractivity contribution in [1.29, 1.82) is 0 Å². The van der Waals surface area contributed by atoms with Crippen molar-refractivity contribution in [2.75, 3.05) is 6.61 Å². The van der Waals surface area contributed by atoms with Gasteiger partial charge in [-0.3, -0.25) is 19.7 Å². The molecule has 1 atom stereocenters. The number of esters is 1. The summed E-state index contributed by atoms with van der Waals surface area (Å²) in [6, 6.07) is 12.0. The Kier molecular flexibility index (Phi) is 5.58. The molecule has 0 aromatic heterocycles. The van der Waals surface area contributed by atoms with Crippen molar-refractivity contribution in [1.82, 2.24) is 0 Å². The van der Waals surface area contributed by atoms with Gasteiger partial charge in [-0.05, 0) is 55.0 Å². The number of carbonyl (C=O) groups is 2. The van der Waals surface area contributed by atoms with Crippen LogP contribution in [0.2, 0.25) is 0 Å². The fraction of sp³-hybridized carbons (Fsp3) is 0.364. The number of nitro groups is 1. The highest BCUT2D eigenvalue weighted by atomic mass is 16.6. The van der Waals surface area contributed by atoms with E-state index < -0.39 is 10.3 Å². The summed E-state index contributed by atoms with van der Waals surface area (Å²) >= 11 is 0. The topological polar surface area (TPSA) is 86.5 Å². The minimum absolute atomic E-state index is 0.000414. The van der Waals surface area contributed by atoms with Crippen LogP contribution in [-0.4, -0.2) is 23.3 Å². The second-order valence-electron chi connectivity index (χ2n) is 7.12. The van der Waals surface area contributed by atoms with Gasteiger partial charge in [-0.25, -0.2) is 0 Å². The van der Waals surface area contributed by atoms with Gasteiger partial charge in [-0.2, -0.15) is 0 Å². The number of hydrogen-bond donors (Lipinski definition) is 0. The Balaban J connectivity index is 1.89. The number of non-ortho nitro benzene ring substituents is 1. The molecule has 28 heavy (non-hydrogen) atoms. The van der Waals surface area contributed by atoms with E-state index in [-0.39, 0.29) is 23.9 Å². The van der Waals surface area contributed by atoms with Gasteiger partial charge >= 0.3 is 5.97 Å². The van der Waals surface area contributed by atoms with Crippen molar-refractivity contribution >= 4 is 17.4 Å². The number of benzene rings is 2. The largest absolute Gasteiger partial charge is 0.466 e. The van der Waals surface area contributed by atoms with Gasteiger partial charge in [0.05, 0.1) is 18.0 Å². The van der Waals surface area contributed by atoms with Gasteiger partial charge in [0.25, 0.3) is 5.69 Å². The van der Waals surface area contributed by atoms with Crippen LogP contribution in [0.4, 0.5) is 5.69 Å². The molecule has 1 aliphatic rings. The lowest BCUT2D eigenvalue weighted by molar-refractivity contribution is -0.384. The van der Waals surface area contributed by atoms with Crippen LogP contribution < -0.4 is 0 Å². The van der Waals surface area contributed by atoms with Crippen molar-refractivity contribution < 1.29 is 19.2 Å². The van der Waals surface area contributed by atoms with Gasteiger partial charge in [0.2, 0.25) is 0 Å². The highest BCUT2D eigenvalue weighted by Crippen LogP contribution is 2.42. The number of nitro benzene ring substituents is 1. The highest BCUT2D eigenvalue weighted by Gasteiger charge is 2.43. The monoisotopic (exact) mass is 381 g/mol. The van der Waals surface area contributed by atoms with Crippen LogP contribution in [0.1, 0.15) is 49.0 Å². The molecule has 2 aromatic carbocycles. The molecule has 0 heterocycles. The average molecular weight is 381 g/mol. The first-order chi connectivity index (χ1) is 13.4. The summed E-state index contributed by atoms with van der Waals surface area (Å²) in [7, 11) is 0. The average Bonchev–Trinajstić information content (AvgIpc) is 2.70. The normalized spacial score (nSPS) is 18.4. The first-order valence-electron chi connectivity index (χ1n) is 9.48. The number of ether oxygens (including phenoxy) is 1. The van der Waals surface area contributed by atoms with Crippen LogP contribution in [0.5, 0.6) is 0 Å².